The van der Waals surface area contributed by atoms with Crippen LogP contribution < -0.4 is 0 Å². The fourth-order valence-electron chi connectivity index (χ4n) is 1.51. The number of hydrogen-bond acceptors (Lipinski definition) is 0. The summed E-state index contributed by atoms with van der Waals surface area (Å²) in [5, 5.41) is 0. The van der Waals surface area contributed by atoms with Gasteiger partial charge in [0.15, 0.2) is 0 Å². The van der Waals surface area contributed by atoms with Crippen LogP contribution in [0.5, 0.6) is 0 Å². The van der Waals surface area contributed by atoms with Crippen LogP contribution in [0.3, 0.4) is 0 Å². The number of rotatable bonds is 5. The fraction of sp³-hybridized carbons (Fsp3) is 0.647. The zero-order chi connectivity index (χ0) is 13.5. The van der Waals surface area contributed by atoms with Gasteiger partial charge in [-0.1, -0.05) is 83.7 Å². The normalized spacial score (nSPS) is 8.59. The topological polar surface area (TPSA) is 0 Å². The van der Waals surface area contributed by atoms with Crippen molar-refractivity contribution in [3.8, 4) is 0 Å². The first-order valence-corrected chi connectivity index (χ1v) is 7.38. The molecule has 0 atom stereocenters. The van der Waals surface area contributed by atoms with E-state index >= 15 is 0 Å². The van der Waals surface area contributed by atoms with Gasteiger partial charge in [0.1, 0.15) is 0 Å². The van der Waals surface area contributed by atoms with Gasteiger partial charge in [-0.3, -0.25) is 0 Å². The molecule has 0 radical (unpaired) electrons. The van der Waals surface area contributed by atoms with Crippen molar-refractivity contribution in [1.82, 2.24) is 0 Å². The molecule has 0 aromatic heterocycles. The molecule has 0 aliphatic heterocycles. The van der Waals surface area contributed by atoms with Crippen molar-refractivity contribution < 1.29 is 0 Å². The maximum Gasteiger partial charge on any atom is -0.0279 e. The minimum atomic E-state index is 1.25. The third-order valence-electron chi connectivity index (χ3n) is 2.44. The van der Waals surface area contributed by atoms with Crippen molar-refractivity contribution in [3.63, 3.8) is 0 Å². The summed E-state index contributed by atoms with van der Waals surface area (Å²) < 4.78 is 0. The second-order valence-electron chi connectivity index (χ2n) is 3.80. The molecule has 0 nitrogen and oxygen atoms in total. The van der Waals surface area contributed by atoms with Crippen LogP contribution in [0.1, 0.15) is 71.4 Å². The smallest absolute Gasteiger partial charge is 0.0279 e. The highest BCUT2D eigenvalue weighted by molar-refractivity contribution is 5.21. The van der Waals surface area contributed by atoms with Crippen LogP contribution in [-0.4, -0.2) is 0 Å². The molecule has 0 heterocycles. The Labute approximate surface area is 109 Å². The predicted molar refractivity (Wildman–Crippen MR) is 81.7 cm³/mol. The summed E-state index contributed by atoms with van der Waals surface area (Å²) in [5.74, 6) is 0. The molecular formula is C17H32. The van der Waals surface area contributed by atoms with Crippen LogP contribution in [0.15, 0.2) is 24.3 Å². The molecule has 0 amide bonds. The van der Waals surface area contributed by atoms with Gasteiger partial charge in [-0.15, -0.1) is 0 Å². The van der Waals surface area contributed by atoms with Gasteiger partial charge in [-0.25, -0.2) is 0 Å². The lowest BCUT2D eigenvalue weighted by Crippen LogP contribution is -1.85. The highest BCUT2D eigenvalue weighted by Gasteiger charge is 1.92. The van der Waals surface area contributed by atoms with Gasteiger partial charge in [-0.2, -0.15) is 0 Å². The SMILES string of the molecule is CC.CC.CCCCCCc1ccc(C)cc1. The third-order valence-corrected chi connectivity index (χ3v) is 2.44. The molecular weight excluding hydrogens is 204 g/mol. The van der Waals surface area contributed by atoms with Crippen LogP contribution in [0, 0.1) is 6.92 Å². The lowest BCUT2D eigenvalue weighted by Gasteiger charge is -2.01. The molecule has 0 aliphatic rings. The van der Waals surface area contributed by atoms with E-state index in [9.17, 15) is 0 Å². The largest absolute Gasteiger partial charge is 0.0683 e. The Morgan fingerprint density at radius 1 is 0.765 bits per heavy atom. The number of benzene rings is 1. The van der Waals surface area contributed by atoms with Gasteiger partial charge < -0.3 is 0 Å². The third kappa shape index (κ3) is 11.5. The van der Waals surface area contributed by atoms with E-state index in [1.54, 1.807) is 0 Å². The van der Waals surface area contributed by atoms with Crippen LogP contribution in [0.4, 0.5) is 0 Å². The Kier molecular flexibility index (Phi) is 16.6. The van der Waals surface area contributed by atoms with Crippen LogP contribution in [-0.2, 0) is 6.42 Å². The maximum atomic E-state index is 2.26. The molecule has 1 aromatic rings. The minimum absolute atomic E-state index is 1.25. The molecule has 0 bridgehead atoms. The van der Waals surface area contributed by atoms with Gasteiger partial charge in [0.25, 0.3) is 0 Å². The van der Waals surface area contributed by atoms with Crippen molar-refractivity contribution in [2.24, 2.45) is 0 Å². The van der Waals surface area contributed by atoms with Crippen molar-refractivity contribution in [2.75, 3.05) is 0 Å². The Balaban J connectivity index is 0. The predicted octanol–water partition coefficient (Wildman–Crippen LogP) is 6.17. The van der Waals surface area contributed by atoms with Crippen LogP contribution in [0.25, 0.3) is 0 Å². The van der Waals surface area contributed by atoms with Gasteiger partial charge in [0.2, 0.25) is 0 Å². The Hall–Kier alpha value is -0.780. The van der Waals surface area contributed by atoms with Crippen molar-refractivity contribution in [1.29, 1.82) is 0 Å². The van der Waals surface area contributed by atoms with Crippen LogP contribution >= 0.6 is 0 Å². The summed E-state index contributed by atoms with van der Waals surface area (Å²) in [6.45, 7) is 12.4. The van der Waals surface area contributed by atoms with Crippen molar-refractivity contribution in [2.45, 2.75) is 73.6 Å². The van der Waals surface area contributed by atoms with E-state index < -0.39 is 0 Å². The molecule has 0 spiro atoms. The van der Waals surface area contributed by atoms with E-state index in [0.29, 0.717) is 0 Å². The summed E-state index contributed by atoms with van der Waals surface area (Å²) in [7, 11) is 0. The molecule has 0 heteroatoms. The van der Waals surface area contributed by atoms with Gasteiger partial charge in [-0.05, 0) is 25.3 Å². The van der Waals surface area contributed by atoms with E-state index in [1.807, 2.05) is 27.7 Å². The second kappa shape index (κ2) is 15.2. The van der Waals surface area contributed by atoms with E-state index in [1.165, 1.54) is 43.2 Å². The number of hydrogen-bond donors (Lipinski definition) is 0. The standard InChI is InChI=1S/C13H20.2C2H6/c1-3-4-5-6-7-13-10-8-12(2)9-11-13;2*1-2/h8-11H,3-7H2,1-2H3;2*1-2H3. The average molecular weight is 236 g/mol. The molecule has 0 N–H and O–H groups in total. The van der Waals surface area contributed by atoms with E-state index in [-0.39, 0.29) is 0 Å². The zero-order valence-corrected chi connectivity index (χ0v) is 12.8. The van der Waals surface area contributed by atoms with Crippen LogP contribution in [0.2, 0.25) is 0 Å². The molecule has 17 heavy (non-hydrogen) atoms. The van der Waals surface area contributed by atoms with Crippen molar-refractivity contribution >= 4 is 0 Å². The van der Waals surface area contributed by atoms with E-state index in [4.69, 9.17) is 0 Å². The van der Waals surface area contributed by atoms with Gasteiger partial charge in [0.05, 0.1) is 0 Å². The first kappa shape index (κ1) is 18.6. The summed E-state index contributed by atoms with van der Waals surface area (Å²) >= 11 is 0. The number of aryl methyl sites for hydroxylation is 2. The van der Waals surface area contributed by atoms with E-state index in [2.05, 4.69) is 38.1 Å². The minimum Gasteiger partial charge on any atom is -0.0683 e. The van der Waals surface area contributed by atoms with Crippen molar-refractivity contribution in [3.05, 3.63) is 35.4 Å². The zero-order valence-electron chi connectivity index (χ0n) is 12.8. The summed E-state index contributed by atoms with van der Waals surface area (Å²) in [6.07, 6.45) is 6.68. The van der Waals surface area contributed by atoms with E-state index in [0.717, 1.165) is 0 Å². The van der Waals surface area contributed by atoms with Gasteiger partial charge >= 0.3 is 0 Å². The quantitative estimate of drug-likeness (QED) is 0.536. The Morgan fingerprint density at radius 2 is 1.29 bits per heavy atom. The summed E-state index contributed by atoms with van der Waals surface area (Å²) in [4.78, 5) is 0. The lowest BCUT2D eigenvalue weighted by molar-refractivity contribution is 0.667. The first-order chi connectivity index (χ1) is 8.33. The monoisotopic (exact) mass is 236 g/mol. The molecule has 0 fully saturated rings. The highest BCUT2D eigenvalue weighted by Crippen LogP contribution is 2.08. The lowest BCUT2D eigenvalue weighted by atomic mass is 10.1. The number of unbranched alkanes of at least 4 members (excludes halogenated alkanes) is 3. The maximum absolute atomic E-state index is 2.26. The molecule has 0 unspecified atom stereocenters. The first-order valence-electron chi connectivity index (χ1n) is 7.38. The fourth-order valence-corrected chi connectivity index (χ4v) is 1.51. The highest BCUT2D eigenvalue weighted by atomic mass is 14.0. The molecule has 0 saturated heterocycles. The Morgan fingerprint density at radius 3 is 1.76 bits per heavy atom. The Bertz CT molecular complexity index is 220. The molecule has 100 valence electrons. The summed E-state index contributed by atoms with van der Waals surface area (Å²) in [5.41, 5.74) is 2.85. The molecule has 1 rings (SSSR count). The molecule has 0 aliphatic carbocycles. The second-order valence-corrected chi connectivity index (χ2v) is 3.80. The molecule has 0 saturated carbocycles. The van der Waals surface area contributed by atoms with Gasteiger partial charge in [0, 0.05) is 0 Å². The molecule has 1 aromatic carbocycles. The average Bonchev–Trinajstić information content (AvgIpc) is 2.41. The summed E-state index contributed by atoms with van der Waals surface area (Å²) in [6, 6.07) is 8.91.